The van der Waals surface area contributed by atoms with Gasteiger partial charge in [-0.2, -0.15) is 0 Å². The van der Waals surface area contributed by atoms with Crippen molar-refractivity contribution in [3.63, 3.8) is 0 Å². The summed E-state index contributed by atoms with van der Waals surface area (Å²) >= 11 is 1.66. The maximum atomic E-state index is 12.0. The summed E-state index contributed by atoms with van der Waals surface area (Å²) in [6, 6.07) is 10.6. The van der Waals surface area contributed by atoms with Crippen LogP contribution < -0.4 is 15.5 Å². The zero-order valence-electron chi connectivity index (χ0n) is 13.8. The molecule has 0 unspecified atom stereocenters. The number of thiazole rings is 1. The molecule has 1 aromatic carbocycles. The third-order valence-corrected chi connectivity index (χ3v) is 5.12. The molecule has 24 heavy (non-hydrogen) atoms. The fourth-order valence-electron chi connectivity index (χ4n) is 3.07. The van der Waals surface area contributed by atoms with Crippen molar-refractivity contribution < 1.29 is 4.79 Å². The minimum absolute atomic E-state index is 0.0750. The van der Waals surface area contributed by atoms with E-state index in [-0.39, 0.29) is 6.03 Å². The summed E-state index contributed by atoms with van der Waals surface area (Å²) in [7, 11) is 0. The zero-order valence-corrected chi connectivity index (χ0v) is 14.6. The Labute approximate surface area is 147 Å². The number of carbonyl (C=O) groups excluding carboxylic acids is 1. The van der Waals surface area contributed by atoms with E-state index in [1.807, 2.05) is 29.8 Å². The van der Waals surface area contributed by atoms with E-state index >= 15 is 0 Å². The van der Waals surface area contributed by atoms with E-state index in [4.69, 9.17) is 0 Å². The van der Waals surface area contributed by atoms with E-state index in [0.717, 1.165) is 37.4 Å². The molecule has 5 nitrogen and oxygen atoms in total. The van der Waals surface area contributed by atoms with Crippen LogP contribution in [-0.2, 0) is 6.42 Å². The second-order valence-corrected chi connectivity index (χ2v) is 6.90. The van der Waals surface area contributed by atoms with Crippen LogP contribution in [0.25, 0.3) is 0 Å². The highest BCUT2D eigenvalue weighted by atomic mass is 32.1. The highest BCUT2D eigenvalue weighted by molar-refractivity contribution is 7.13. The third kappa shape index (κ3) is 4.71. The number of hydrogen-bond acceptors (Lipinski definition) is 4. The molecule has 1 atom stereocenters. The number of aryl methyl sites for hydroxylation is 1. The molecular formula is C18H24N4OS. The third-order valence-electron chi connectivity index (χ3n) is 4.31. The van der Waals surface area contributed by atoms with Crippen LogP contribution in [0.1, 0.15) is 24.8 Å². The molecule has 128 valence electrons. The summed E-state index contributed by atoms with van der Waals surface area (Å²) in [4.78, 5) is 18.6. The average Bonchev–Trinajstić information content (AvgIpc) is 3.28. The smallest absolute Gasteiger partial charge is 0.314 e. The lowest BCUT2D eigenvalue weighted by molar-refractivity contribution is 0.240. The summed E-state index contributed by atoms with van der Waals surface area (Å²) in [6.45, 7) is 2.39. The van der Waals surface area contributed by atoms with Gasteiger partial charge < -0.3 is 15.5 Å². The maximum absolute atomic E-state index is 12.0. The molecule has 2 aromatic rings. The Morgan fingerprint density at radius 2 is 2.17 bits per heavy atom. The molecule has 6 heteroatoms. The van der Waals surface area contributed by atoms with Crippen molar-refractivity contribution in [1.82, 2.24) is 15.6 Å². The highest BCUT2D eigenvalue weighted by Gasteiger charge is 2.26. The Balaban J connectivity index is 1.33. The van der Waals surface area contributed by atoms with Crippen molar-refractivity contribution in [1.29, 1.82) is 0 Å². The van der Waals surface area contributed by atoms with Crippen LogP contribution in [0.3, 0.4) is 0 Å². The number of carbonyl (C=O) groups is 1. The minimum atomic E-state index is -0.0750. The van der Waals surface area contributed by atoms with Gasteiger partial charge in [0, 0.05) is 37.3 Å². The number of benzene rings is 1. The molecule has 1 aliphatic rings. The lowest BCUT2D eigenvalue weighted by atomic mass is 10.1. The molecule has 0 radical (unpaired) electrons. The van der Waals surface area contributed by atoms with Gasteiger partial charge in [-0.15, -0.1) is 11.3 Å². The lowest BCUT2D eigenvalue weighted by Gasteiger charge is -2.24. The molecule has 2 N–H and O–H groups in total. The molecule has 2 heterocycles. The van der Waals surface area contributed by atoms with Crippen molar-refractivity contribution in [3.05, 3.63) is 47.5 Å². The number of nitrogens with one attached hydrogen (secondary N) is 2. The molecule has 1 aromatic heterocycles. The van der Waals surface area contributed by atoms with Gasteiger partial charge in [0.15, 0.2) is 5.13 Å². The van der Waals surface area contributed by atoms with E-state index in [9.17, 15) is 4.79 Å². The second-order valence-electron chi connectivity index (χ2n) is 6.03. The number of nitrogens with zero attached hydrogens (tertiary/aromatic N) is 2. The van der Waals surface area contributed by atoms with Gasteiger partial charge in [0.25, 0.3) is 0 Å². The topological polar surface area (TPSA) is 57.3 Å². The summed E-state index contributed by atoms with van der Waals surface area (Å²) in [6.07, 6.45) is 6.04. The minimum Gasteiger partial charge on any atom is -0.343 e. The van der Waals surface area contributed by atoms with E-state index in [1.54, 1.807) is 11.3 Å². The van der Waals surface area contributed by atoms with Gasteiger partial charge in [0.05, 0.1) is 0 Å². The summed E-state index contributed by atoms with van der Waals surface area (Å²) in [5, 5.41) is 9.00. The number of amides is 2. The van der Waals surface area contributed by atoms with Crippen molar-refractivity contribution in [2.24, 2.45) is 0 Å². The Morgan fingerprint density at radius 1 is 1.29 bits per heavy atom. The van der Waals surface area contributed by atoms with Gasteiger partial charge in [-0.1, -0.05) is 30.3 Å². The largest absolute Gasteiger partial charge is 0.343 e. The van der Waals surface area contributed by atoms with Crippen molar-refractivity contribution >= 4 is 22.5 Å². The molecule has 0 spiro atoms. The van der Waals surface area contributed by atoms with Crippen LogP contribution in [0.15, 0.2) is 41.9 Å². The maximum Gasteiger partial charge on any atom is 0.314 e. The average molecular weight is 344 g/mol. The molecule has 0 bridgehead atoms. The summed E-state index contributed by atoms with van der Waals surface area (Å²) < 4.78 is 0. The fourth-order valence-corrected chi connectivity index (χ4v) is 3.81. The van der Waals surface area contributed by atoms with Crippen LogP contribution in [0.2, 0.25) is 0 Å². The van der Waals surface area contributed by atoms with Crippen LogP contribution in [0.4, 0.5) is 9.93 Å². The van der Waals surface area contributed by atoms with Crippen LogP contribution in [-0.4, -0.2) is 36.7 Å². The lowest BCUT2D eigenvalue weighted by Crippen LogP contribution is -2.44. The van der Waals surface area contributed by atoms with Crippen LogP contribution in [0, 0.1) is 0 Å². The van der Waals surface area contributed by atoms with Gasteiger partial charge in [0.1, 0.15) is 0 Å². The van der Waals surface area contributed by atoms with Gasteiger partial charge in [-0.05, 0) is 31.2 Å². The standard InChI is InChI=1S/C18H24N4OS/c23-17(19-10-4-8-15-6-2-1-3-7-15)21-14-16-9-5-12-22(16)18-20-11-13-24-18/h1-3,6-7,11,13,16H,4-5,8-10,12,14H2,(H2,19,21,23)/t16-/m1/s1. The molecule has 1 fully saturated rings. The highest BCUT2D eigenvalue weighted by Crippen LogP contribution is 2.26. The number of urea groups is 1. The monoisotopic (exact) mass is 344 g/mol. The molecule has 0 saturated carbocycles. The van der Waals surface area contributed by atoms with E-state index < -0.39 is 0 Å². The Morgan fingerprint density at radius 3 is 2.96 bits per heavy atom. The van der Waals surface area contributed by atoms with Gasteiger partial charge in [-0.25, -0.2) is 9.78 Å². The predicted octanol–water partition coefficient (Wildman–Crippen LogP) is 3.04. The predicted molar refractivity (Wildman–Crippen MR) is 98.6 cm³/mol. The number of anilines is 1. The molecule has 3 rings (SSSR count). The molecule has 1 aliphatic heterocycles. The molecule has 2 amide bonds. The first-order valence-electron chi connectivity index (χ1n) is 8.54. The van der Waals surface area contributed by atoms with Gasteiger partial charge in [-0.3, -0.25) is 0 Å². The Kier molecular flexibility index (Phi) is 6.07. The Hall–Kier alpha value is -2.08. The first-order chi connectivity index (χ1) is 11.8. The normalized spacial score (nSPS) is 17.0. The SMILES string of the molecule is O=C(NCCCc1ccccc1)NC[C@H]1CCCN1c1nccs1. The first-order valence-corrected chi connectivity index (χ1v) is 9.42. The van der Waals surface area contributed by atoms with Crippen LogP contribution in [0.5, 0.6) is 0 Å². The van der Waals surface area contributed by atoms with E-state index in [0.29, 0.717) is 19.1 Å². The van der Waals surface area contributed by atoms with Crippen molar-refractivity contribution in [2.45, 2.75) is 31.7 Å². The molecule has 0 aliphatic carbocycles. The van der Waals surface area contributed by atoms with E-state index in [2.05, 4.69) is 32.7 Å². The summed E-state index contributed by atoms with van der Waals surface area (Å²) in [5.41, 5.74) is 1.31. The molecular weight excluding hydrogens is 320 g/mol. The zero-order chi connectivity index (χ0) is 16.6. The molecule has 1 saturated heterocycles. The van der Waals surface area contributed by atoms with Crippen LogP contribution >= 0.6 is 11.3 Å². The number of rotatable bonds is 7. The number of hydrogen-bond donors (Lipinski definition) is 2. The van der Waals surface area contributed by atoms with Crippen molar-refractivity contribution in [2.75, 3.05) is 24.5 Å². The van der Waals surface area contributed by atoms with E-state index in [1.165, 1.54) is 5.56 Å². The number of aromatic nitrogens is 1. The van der Waals surface area contributed by atoms with Gasteiger partial charge >= 0.3 is 6.03 Å². The Bertz CT molecular complexity index is 617. The fraction of sp³-hybridized carbons (Fsp3) is 0.444. The quantitative estimate of drug-likeness (QED) is 0.759. The van der Waals surface area contributed by atoms with Crippen molar-refractivity contribution in [3.8, 4) is 0 Å². The van der Waals surface area contributed by atoms with Gasteiger partial charge in [0.2, 0.25) is 0 Å². The first kappa shape index (κ1) is 16.8. The second kappa shape index (κ2) is 8.68. The summed E-state index contributed by atoms with van der Waals surface area (Å²) in [5.74, 6) is 0.